The third-order valence-electron chi connectivity index (χ3n) is 4.76. The first-order valence-corrected chi connectivity index (χ1v) is 10.4. The number of hydrogen-bond acceptors (Lipinski definition) is 5. The first-order chi connectivity index (χ1) is 13.7. The van der Waals surface area contributed by atoms with Crippen LogP contribution in [-0.4, -0.2) is 60.7 Å². The fourth-order valence-electron chi connectivity index (χ4n) is 3.31. The molecule has 2 atom stereocenters. The maximum atomic E-state index is 9.66. The summed E-state index contributed by atoms with van der Waals surface area (Å²) in [4.78, 5) is 2.31. The molecule has 1 fully saturated rings. The summed E-state index contributed by atoms with van der Waals surface area (Å²) in [5, 5.41) is 31.5. The largest absolute Gasteiger partial charge is 0.395 e. The van der Waals surface area contributed by atoms with Gasteiger partial charge in [0.2, 0.25) is 0 Å². The summed E-state index contributed by atoms with van der Waals surface area (Å²) in [6, 6.07) is 9.91. The van der Waals surface area contributed by atoms with Crippen molar-refractivity contribution >= 4 is 5.69 Å². The van der Waals surface area contributed by atoms with E-state index in [9.17, 15) is 14.6 Å². The zero-order chi connectivity index (χ0) is 21.2. The average molecular weight is 396 g/mol. The van der Waals surface area contributed by atoms with E-state index in [4.69, 9.17) is 5.26 Å². The Kier molecular flexibility index (Phi) is 16.4. The Labute approximate surface area is 170 Å². The van der Waals surface area contributed by atoms with Crippen molar-refractivity contribution in [2.24, 2.45) is 0 Å². The number of nitrogens with one attached hydrogen (secondary N) is 1. The van der Waals surface area contributed by atoms with Crippen LogP contribution in [0.2, 0.25) is 0 Å². The highest BCUT2D eigenvalue weighted by Gasteiger charge is 2.25. The lowest BCUT2D eigenvalue weighted by molar-refractivity contribution is 0.0163. The van der Waals surface area contributed by atoms with Gasteiger partial charge in [-0.1, -0.05) is 38.8 Å². The SMILES string of the molecule is CC.CF.N#Cc1ccccc1NCCCCCCN1CCC(O)CC1CO. The van der Waals surface area contributed by atoms with Crippen molar-refractivity contribution in [3.8, 4) is 6.07 Å². The summed E-state index contributed by atoms with van der Waals surface area (Å²) in [6.07, 6.45) is 5.79. The van der Waals surface area contributed by atoms with Gasteiger partial charge in [-0.05, 0) is 44.4 Å². The maximum Gasteiger partial charge on any atom is 0.101 e. The second kappa shape index (κ2) is 17.4. The van der Waals surface area contributed by atoms with E-state index < -0.39 is 0 Å². The van der Waals surface area contributed by atoms with Gasteiger partial charge >= 0.3 is 0 Å². The highest BCUT2D eigenvalue weighted by molar-refractivity contribution is 5.56. The average Bonchev–Trinajstić information content (AvgIpc) is 2.76. The maximum absolute atomic E-state index is 9.66. The molecule has 1 aromatic carbocycles. The summed E-state index contributed by atoms with van der Waals surface area (Å²) in [6.45, 7) is 6.91. The minimum Gasteiger partial charge on any atom is -0.395 e. The van der Waals surface area contributed by atoms with Crippen LogP contribution < -0.4 is 5.32 Å². The Balaban J connectivity index is 0.00000171. The van der Waals surface area contributed by atoms with Crippen LogP contribution in [0, 0.1) is 11.3 Å². The number of rotatable bonds is 9. The number of likely N-dealkylation sites (tertiary alicyclic amines) is 1. The van der Waals surface area contributed by atoms with Gasteiger partial charge < -0.3 is 15.5 Å². The summed E-state index contributed by atoms with van der Waals surface area (Å²) in [7, 11) is 0.500. The lowest BCUT2D eigenvalue weighted by Gasteiger charge is -2.36. The normalized spacial score (nSPS) is 18.8. The van der Waals surface area contributed by atoms with Crippen molar-refractivity contribution in [1.29, 1.82) is 5.26 Å². The molecule has 1 aromatic rings. The molecule has 28 heavy (non-hydrogen) atoms. The van der Waals surface area contributed by atoms with Crippen LogP contribution in [0.4, 0.5) is 10.1 Å². The molecule has 1 saturated heterocycles. The van der Waals surface area contributed by atoms with Crippen LogP contribution in [0.5, 0.6) is 0 Å². The van der Waals surface area contributed by atoms with Crippen LogP contribution in [0.15, 0.2) is 24.3 Å². The van der Waals surface area contributed by atoms with E-state index >= 15 is 0 Å². The number of piperidine rings is 1. The van der Waals surface area contributed by atoms with Crippen molar-refractivity contribution in [3.05, 3.63) is 29.8 Å². The van der Waals surface area contributed by atoms with Crippen LogP contribution in [-0.2, 0) is 0 Å². The number of halogens is 1. The van der Waals surface area contributed by atoms with E-state index in [2.05, 4.69) is 16.3 Å². The summed E-state index contributed by atoms with van der Waals surface area (Å²) >= 11 is 0. The number of aliphatic hydroxyl groups excluding tert-OH is 2. The van der Waals surface area contributed by atoms with Gasteiger partial charge in [-0.25, -0.2) is 0 Å². The van der Waals surface area contributed by atoms with Gasteiger partial charge in [0, 0.05) is 19.1 Å². The van der Waals surface area contributed by atoms with Crippen molar-refractivity contribution in [3.63, 3.8) is 0 Å². The molecule has 6 heteroatoms. The smallest absolute Gasteiger partial charge is 0.101 e. The summed E-state index contributed by atoms with van der Waals surface area (Å²) < 4.78 is 9.50. The number of benzene rings is 1. The van der Waals surface area contributed by atoms with Crippen LogP contribution >= 0.6 is 0 Å². The number of anilines is 1. The Hall–Kier alpha value is -1.68. The predicted molar refractivity (Wildman–Crippen MR) is 114 cm³/mol. The molecule has 0 aliphatic carbocycles. The van der Waals surface area contributed by atoms with Crippen molar-refractivity contribution in [2.45, 2.75) is 64.5 Å². The molecule has 1 aliphatic rings. The van der Waals surface area contributed by atoms with Gasteiger partial charge in [-0.15, -0.1) is 0 Å². The van der Waals surface area contributed by atoms with Gasteiger partial charge in [0.1, 0.15) is 6.07 Å². The monoisotopic (exact) mass is 395 g/mol. The van der Waals surface area contributed by atoms with E-state index in [1.807, 2.05) is 38.1 Å². The van der Waals surface area contributed by atoms with Gasteiger partial charge in [0.05, 0.1) is 31.1 Å². The van der Waals surface area contributed by atoms with Gasteiger partial charge in [-0.2, -0.15) is 5.26 Å². The molecule has 1 aliphatic heterocycles. The number of para-hydroxylation sites is 1. The molecular formula is C22H38FN3O2. The van der Waals surface area contributed by atoms with Crippen molar-refractivity contribution in [1.82, 2.24) is 4.90 Å². The minimum atomic E-state index is -0.249. The van der Waals surface area contributed by atoms with E-state index in [-0.39, 0.29) is 18.8 Å². The third-order valence-corrected chi connectivity index (χ3v) is 4.76. The Morgan fingerprint density at radius 3 is 2.54 bits per heavy atom. The second-order valence-electron chi connectivity index (χ2n) is 6.55. The van der Waals surface area contributed by atoms with Crippen LogP contribution in [0.1, 0.15) is 57.9 Å². The Bertz CT molecular complexity index is 537. The first kappa shape index (κ1) is 26.3. The third kappa shape index (κ3) is 10.0. The van der Waals surface area contributed by atoms with Crippen molar-refractivity contribution in [2.75, 3.05) is 38.7 Å². The molecule has 0 aromatic heterocycles. The second-order valence-corrected chi connectivity index (χ2v) is 6.55. The zero-order valence-corrected chi connectivity index (χ0v) is 17.7. The predicted octanol–water partition coefficient (Wildman–Crippen LogP) is 3.96. The van der Waals surface area contributed by atoms with Crippen LogP contribution in [0.3, 0.4) is 0 Å². The molecule has 2 rings (SSSR count). The van der Waals surface area contributed by atoms with E-state index in [1.165, 1.54) is 6.42 Å². The number of nitrogens with zero attached hydrogens (tertiary/aromatic N) is 2. The number of hydrogen-bond donors (Lipinski definition) is 3. The molecule has 5 nitrogen and oxygen atoms in total. The summed E-state index contributed by atoms with van der Waals surface area (Å²) in [5.74, 6) is 0. The fourth-order valence-corrected chi connectivity index (χ4v) is 3.31. The topological polar surface area (TPSA) is 79.5 Å². The molecule has 1 heterocycles. The molecule has 0 bridgehead atoms. The van der Waals surface area contributed by atoms with E-state index in [1.54, 1.807) is 0 Å². The quantitative estimate of drug-likeness (QED) is 0.552. The molecule has 160 valence electrons. The highest BCUT2D eigenvalue weighted by Crippen LogP contribution is 2.18. The summed E-state index contributed by atoms with van der Waals surface area (Å²) in [5.41, 5.74) is 1.61. The van der Waals surface area contributed by atoms with Gasteiger partial charge in [0.15, 0.2) is 0 Å². The van der Waals surface area contributed by atoms with Gasteiger partial charge in [-0.3, -0.25) is 9.29 Å². The first-order valence-electron chi connectivity index (χ1n) is 10.4. The van der Waals surface area contributed by atoms with Crippen molar-refractivity contribution < 1.29 is 14.6 Å². The number of aliphatic hydroxyl groups is 2. The molecule has 0 saturated carbocycles. The molecule has 2 unspecified atom stereocenters. The van der Waals surface area contributed by atoms with Crippen LogP contribution in [0.25, 0.3) is 0 Å². The molecular weight excluding hydrogens is 357 g/mol. The molecule has 0 radical (unpaired) electrons. The number of alkyl halides is 1. The number of nitriles is 1. The number of unbranched alkanes of at least 4 members (excludes halogenated alkanes) is 3. The van der Waals surface area contributed by atoms with E-state index in [0.717, 1.165) is 51.0 Å². The molecule has 0 spiro atoms. The van der Waals surface area contributed by atoms with Gasteiger partial charge in [0.25, 0.3) is 0 Å². The Morgan fingerprint density at radius 2 is 1.86 bits per heavy atom. The Morgan fingerprint density at radius 1 is 1.18 bits per heavy atom. The lowest BCUT2D eigenvalue weighted by Crippen LogP contribution is -2.46. The van der Waals surface area contributed by atoms with E-state index in [0.29, 0.717) is 19.2 Å². The standard InChI is InChI=1S/C19H29N3O2.C2H6.CH3F/c20-14-16-7-3-4-8-19(16)21-10-5-1-2-6-11-22-12-9-18(24)13-17(22)15-23;2*1-2/h3-4,7-8,17-18,21,23-24H,1-2,5-6,9-13,15H2;1-2H3;1H3. The lowest BCUT2D eigenvalue weighted by atomic mass is 9.99. The molecule has 3 N–H and O–H groups in total. The molecule has 0 amide bonds. The minimum absolute atomic E-state index is 0.123. The zero-order valence-electron chi connectivity index (χ0n) is 17.7. The fraction of sp³-hybridized carbons (Fsp3) is 0.682. The highest BCUT2D eigenvalue weighted by atomic mass is 19.1.